The molecule has 28 rings (SSSR count). The van der Waals surface area contributed by atoms with Crippen molar-refractivity contribution in [3.05, 3.63) is 516 Å². The number of fused-ring (bicyclic) bond motifs is 15. The lowest BCUT2D eigenvalue weighted by molar-refractivity contribution is 0.658. The standard InChI is InChI=1S/C48H31N3O.2C42H27N3O/c1-3-14-32(15-4-1)34-18-11-20-36(28-34)41-31-42(50-47(49-41)39-23-12-19-35(29-39)33-16-5-2-6-17-33)37-21-13-22-38(30-37)46-40-24-7-8-25-43(40)51-44-26-9-10-27-45(44)52-48(46)51;1-3-12-29(13-4-1)35-27-36(44-41(43-35)31-14-5-2-6-15-31)30-24-22-28(23-25-30)32-16-11-17-33(26-32)40-34-18-7-8-19-37(34)45-38-20-9-10-21-39(38)46-42(40)45;1-3-11-30(12-4-1)35-27-36(44-41(43-35)33-13-5-2-6-14-33)31-23-19-28(20-24-31)29-21-25-32(26-22-29)40-34-15-7-8-16-37(34)45-38-17-9-10-18-39(38)46-42(40)45/h1-31H;2*1-27H. The van der Waals surface area contributed by atoms with E-state index in [1.165, 1.54) is 16.3 Å². The number of aromatic nitrogens is 9. The van der Waals surface area contributed by atoms with E-state index in [1.807, 2.05) is 121 Å². The summed E-state index contributed by atoms with van der Waals surface area (Å²) in [5.41, 5.74) is 42.0. The van der Waals surface area contributed by atoms with Crippen molar-refractivity contribution < 1.29 is 13.3 Å². The van der Waals surface area contributed by atoms with Gasteiger partial charge < -0.3 is 13.3 Å². The molecule has 9 heterocycles. The molecule has 19 aromatic carbocycles. The largest absolute Gasteiger partial charge is 0.438 e. The van der Waals surface area contributed by atoms with Gasteiger partial charge in [-0.1, -0.05) is 419 Å². The van der Waals surface area contributed by atoms with Gasteiger partial charge in [0.05, 0.1) is 84.0 Å². The molecule has 9 aromatic heterocycles. The van der Waals surface area contributed by atoms with Gasteiger partial charge in [0.15, 0.2) is 34.2 Å². The lowest BCUT2D eigenvalue weighted by Crippen LogP contribution is -1.96. The molecule has 0 saturated heterocycles. The molecule has 0 N–H and O–H groups in total. The maximum Gasteiger partial charge on any atom is 0.213 e. The quantitative estimate of drug-likeness (QED) is 0.0928. The fraction of sp³-hybridized carbons (Fsp3) is 0. The molecule has 0 atom stereocenters. The summed E-state index contributed by atoms with van der Waals surface area (Å²) in [5.74, 6) is 2.11. The van der Waals surface area contributed by atoms with Crippen LogP contribution in [0.25, 0.3) is 263 Å². The normalized spacial score (nSPS) is 11.5. The lowest BCUT2D eigenvalue weighted by atomic mass is 9.97. The second-order valence-corrected chi connectivity index (χ2v) is 35.9. The Balaban J connectivity index is 0.000000110. The smallest absolute Gasteiger partial charge is 0.213 e. The average molecular weight is 1850 g/mol. The fourth-order valence-corrected chi connectivity index (χ4v) is 20.1. The van der Waals surface area contributed by atoms with Crippen LogP contribution < -0.4 is 0 Å². The Morgan fingerprint density at radius 3 is 0.681 bits per heavy atom. The molecular formula is C132H85N9O3. The summed E-state index contributed by atoms with van der Waals surface area (Å²) in [6.07, 6.45) is 0. The maximum atomic E-state index is 6.56. The van der Waals surface area contributed by atoms with Gasteiger partial charge in [-0.2, -0.15) is 0 Å². The van der Waals surface area contributed by atoms with E-state index < -0.39 is 0 Å². The highest BCUT2D eigenvalue weighted by Gasteiger charge is 2.26. The topological polar surface area (TPSA) is 130 Å². The third-order valence-corrected chi connectivity index (χ3v) is 27.1. The van der Waals surface area contributed by atoms with Gasteiger partial charge >= 0.3 is 0 Å². The van der Waals surface area contributed by atoms with Crippen LogP contribution in [0.15, 0.2) is 529 Å². The van der Waals surface area contributed by atoms with E-state index in [0.29, 0.717) is 17.5 Å². The third-order valence-electron chi connectivity index (χ3n) is 27.1. The van der Waals surface area contributed by atoms with Crippen molar-refractivity contribution in [2.75, 3.05) is 0 Å². The summed E-state index contributed by atoms with van der Waals surface area (Å²) < 4.78 is 26.1. The van der Waals surface area contributed by atoms with Gasteiger partial charge in [-0.15, -0.1) is 0 Å². The van der Waals surface area contributed by atoms with E-state index in [1.54, 1.807) is 0 Å². The Bertz CT molecular complexity index is 9460. The maximum absolute atomic E-state index is 6.56. The minimum Gasteiger partial charge on any atom is -0.438 e. The first-order valence-corrected chi connectivity index (χ1v) is 48.3. The number of rotatable bonds is 16. The number of nitrogens with zero attached hydrogens (tertiary/aromatic N) is 9. The number of hydrogen-bond donors (Lipinski definition) is 0. The van der Waals surface area contributed by atoms with E-state index in [0.717, 1.165) is 229 Å². The molecule has 0 saturated carbocycles. The highest BCUT2D eigenvalue weighted by Crippen LogP contribution is 2.46. The van der Waals surface area contributed by atoms with Crippen molar-refractivity contribution in [2.45, 2.75) is 0 Å². The highest BCUT2D eigenvalue weighted by molar-refractivity contribution is 6.10. The SMILES string of the molecule is c1ccc(-c2cc(-c3ccc(-c4ccc(-c5c6ccccc6n6c5oc5ccccc56)cc4)cc3)nc(-c3ccccc3)n2)cc1.c1ccc(-c2cc(-c3ccc(-c4cccc(-c5c6ccccc6n6c5oc5ccccc56)c4)cc3)nc(-c3ccccc3)n2)cc1.c1ccc(-c2cccc(-c3cc(-c4cccc(-c5c6ccccc6n6c5oc5ccccc56)c4)nc(-c4cccc(-c5ccccc5)c4)n3)c2)cc1. The molecular weight excluding hydrogens is 1760 g/mol. The zero-order valence-corrected chi connectivity index (χ0v) is 77.8. The first-order valence-electron chi connectivity index (χ1n) is 48.3. The molecule has 12 heteroatoms. The van der Waals surface area contributed by atoms with Crippen LogP contribution in [0.1, 0.15) is 0 Å². The van der Waals surface area contributed by atoms with Crippen LogP contribution in [-0.2, 0) is 0 Å². The van der Waals surface area contributed by atoms with E-state index in [4.69, 9.17) is 43.2 Å². The Morgan fingerprint density at radius 1 is 0.132 bits per heavy atom. The van der Waals surface area contributed by atoms with Crippen molar-refractivity contribution in [2.24, 2.45) is 0 Å². The predicted molar refractivity (Wildman–Crippen MR) is 588 cm³/mol. The van der Waals surface area contributed by atoms with Gasteiger partial charge in [0.25, 0.3) is 0 Å². The number of oxazole rings is 3. The van der Waals surface area contributed by atoms with E-state index >= 15 is 0 Å². The minimum absolute atomic E-state index is 0.676. The third kappa shape index (κ3) is 16.0. The van der Waals surface area contributed by atoms with Gasteiger partial charge in [-0.05, 0) is 158 Å². The molecule has 0 aliphatic rings. The zero-order chi connectivity index (χ0) is 95.3. The van der Waals surface area contributed by atoms with E-state index in [2.05, 4.69) is 408 Å². The van der Waals surface area contributed by atoms with Crippen LogP contribution in [0.2, 0.25) is 0 Å². The van der Waals surface area contributed by atoms with Gasteiger partial charge in [0, 0.05) is 66.2 Å². The van der Waals surface area contributed by atoms with Crippen LogP contribution in [0.4, 0.5) is 0 Å². The summed E-state index contributed by atoms with van der Waals surface area (Å²) >= 11 is 0. The Kier molecular flexibility index (Phi) is 21.7. The number of para-hydroxylation sites is 9. The summed E-state index contributed by atoms with van der Waals surface area (Å²) in [7, 11) is 0. The summed E-state index contributed by atoms with van der Waals surface area (Å²) in [4.78, 5) is 30.3. The Morgan fingerprint density at radius 2 is 0.333 bits per heavy atom. The first kappa shape index (κ1) is 84.9. The van der Waals surface area contributed by atoms with Crippen LogP contribution in [0.5, 0.6) is 0 Å². The van der Waals surface area contributed by atoms with E-state index in [-0.39, 0.29) is 0 Å². The van der Waals surface area contributed by atoms with Crippen LogP contribution in [0.3, 0.4) is 0 Å². The van der Waals surface area contributed by atoms with Crippen molar-refractivity contribution in [3.8, 4) is 180 Å². The second kappa shape index (κ2) is 36.7. The molecule has 0 radical (unpaired) electrons. The fourth-order valence-electron chi connectivity index (χ4n) is 20.1. The number of benzene rings is 19. The molecule has 0 unspecified atom stereocenters. The van der Waals surface area contributed by atoms with E-state index in [9.17, 15) is 0 Å². The van der Waals surface area contributed by atoms with Gasteiger partial charge in [-0.25, -0.2) is 29.9 Å². The molecule has 0 aliphatic heterocycles. The van der Waals surface area contributed by atoms with Gasteiger partial charge in [0.1, 0.15) is 0 Å². The van der Waals surface area contributed by atoms with Gasteiger partial charge in [-0.3, -0.25) is 13.2 Å². The first-order chi connectivity index (χ1) is 71.4. The van der Waals surface area contributed by atoms with Crippen molar-refractivity contribution in [3.63, 3.8) is 0 Å². The number of hydrogen-bond acceptors (Lipinski definition) is 9. The molecule has 0 bridgehead atoms. The highest BCUT2D eigenvalue weighted by atomic mass is 16.4. The second-order valence-electron chi connectivity index (χ2n) is 35.9. The Labute approximate surface area is 829 Å². The molecule has 0 aliphatic carbocycles. The minimum atomic E-state index is 0.676. The molecule has 12 nitrogen and oxygen atoms in total. The van der Waals surface area contributed by atoms with Gasteiger partial charge in [0.2, 0.25) is 17.1 Å². The molecule has 0 spiro atoms. The molecule has 0 fully saturated rings. The molecule has 0 amide bonds. The summed E-state index contributed by atoms with van der Waals surface area (Å²) in [5, 5.41) is 3.49. The summed E-state index contributed by atoms with van der Waals surface area (Å²) in [6.45, 7) is 0. The zero-order valence-electron chi connectivity index (χ0n) is 77.8. The molecule has 28 aromatic rings. The van der Waals surface area contributed by atoms with Crippen molar-refractivity contribution in [1.29, 1.82) is 0 Å². The van der Waals surface area contributed by atoms with Crippen LogP contribution in [0, 0.1) is 0 Å². The van der Waals surface area contributed by atoms with Crippen molar-refractivity contribution >= 4 is 83.1 Å². The van der Waals surface area contributed by atoms with Crippen LogP contribution >= 0.6 is 0 Å². The predicted octanol–water partition coefficient (Wildman–Crippen LogP) is 34.6. The molecule has 144 heavy (non-hydrogen) atoms. The summed E-state index contributed by atoms with van der Waals surface area (Å²) in [6, 6.07) is 179. The molecule has 676 valence electrons. The monoisotopic (exact) mass is 1840 g/mol. The van der Waals surface area contributed by atoms with Crippen LogP contribution in [-0.4, -0.2) is 43.1 Å². The Hall–Kier alpha value is -19.6. The lowest BCUT2D eigenvalue weighted by Gasteiger charge is -2.12. The average Bonchev–Trinajstić information content (AvgIpc) is 1.57. The van der Waals surface area contributed by atoms with Crippen molar-refractivity contribution in [1.82, 2.24) is 43.1 Å².